The van der Waals surface area contributed by atoms with Crippen LogP contribution in [-0.2, 0) is 31.7 Å². The van der Waals surface area contributed by atoms with E-state index in [-0.39, 0.29) is 17.7 Å². The van der Waals surface area contributed by atoms with E-state index in [2.05, 4.69) is 17.2 Å². The van der Waals surface area contributed by atoms with Crippen molar-refractivity contribution in [2.24, 2.45) is 11.8 Å². The summed E-state index contributed by atoms with van der Waals surface area (Å²) in [5.41, 5.74) is 1.38. The summed E-state index contributed by atoms with van der Waals surface area (Å²) in [7, 11) is 2.50. The first kappa shape index (κ1) is 27.9. The predicted octanol–water partition coefficient (Wildman–Crippen LogP) is 2.18. The Labute approximate surface area is 214 Å². The first-order chi connectivity index (χ1) is 17.0. The van der Waals surface area contributed by atoms with Gasteiger partial charge in [0.1, 0.15) is 11.6 Å². The standard InChI is InChI=1S/C26H39BN2O7/c1-15(2)12-22(27-35-16(3)26(4,5)36-27)29-25(32)20(14-30)28-24(31)18-8-10-19-17(13-18)9-11-21(33-6)23(19)34-7/h9,11,15,18,20,22,30H,3,8,10,12-14H2,1-2,4-7H3,(H,28,31)(H,29,32)/t18?,20-,22?/m0/s1. The first-order valence-corrected chi connectivity index (χ1v) is 12.5. The van der Waals surface area contributed by atoms with E-state index in [1.54, 1.807) is 14.2 Å². The Bertz CT molecular complexity index is 981. The zero-order valence-electron chi connectivity index (χ0n) is 22.2. The summed E-state index contributed by atoms with van der Waals surface area (Å²) >= 11 is 0. The SMILES string of the molecule is C=C1OB(C(CC(C)C)NC(=O)[C@H](CO)NC(=O)C2CCc3c(ccc(OC)c3OC)C2)OC1(C)C. The van der Waals surface area contributed by atoms with Crippen LogP contribution in [0.2, 0.25) is 0 Å². The average molecular weight is 502 g/mol. The summed E-state index contributed by atoms with van der Waals surface area (Å²) in [4.78, 5) is 26.2. The van der Waals surface area contributed by atoms with Crippen molar-refractivity contribution in [2.75, 3.05) is 20.8 Å². The Morgan fingerprint density at radius 3 is 2.53 bits per heavy atom. The molecule has 10 heteroatoms. The van der Waals surface area contributed by atoms with Crippen molar-refractivity contribution in [1.82, 2.24) is 10.6 Å². The number of carbonyl (C=O) groups excluding carboxylic acids is 2. The molecule has 3 rings (SSSR count). The Morgan fingerprint density at radius 2 is 1.97 bits per heavy atom. The van der Waals surface area contributed by atoms with Gasteiger partial charge >= 0.3 is 7.12 Å². The molecule has 198 valence electrons. The minimum Gasteiger partial charge on any atom is -0.536 e. The van der Waals surface area contributed by atoms with Gasteiger partial charge in [-0.15, -0.1) is 0 Å². The Balaban J connectivity index is 1.66. The Kier molecular flexibility index (Phi) is 8.95. The number of ether oxygens (including phenoxy) is 2. The van der Waals surface area contributed by atoms with Crippen LogP contribution in [0, 0.1) is 11.8 Å². The summed E-state index contributed by atoms with van der Waals surface area (Å²) in [6.45, 7) is 11.2. The van der Waals surface area contributed by atoms with Crippen LogP contribution in [0.25, 0.3) is 0 Å². The predicted molar refractivity (Wildman–Crippen MR) is 137 cm³/mol. The van der Waals surface area contributed by atoms with E-state index in [1.165, 1.54) is 0 Å². The molecular weight excluding hydrogens is 463 g/mol. The lowest BCUT2D eigenvalue weighted by molar-refractivity contribution is -0.132. The summed E-state index contributed by atoms with van der Waals surface area (Å²) in [5.74, 6) is 0.554. The molecule has 1 fully saturated rings. The fourth-order valence-corrected chi connectivity index (χ4v) is 4.75. The summed E-state index contributed by atoms with van der Waals surface area (Å²) < 4.78 is 22.7. The highest BCUT2D eigenvalue weighted by Gasteiger charge is 2.47. The van der Waals surface area contributed by atoms with Crippen LogP contribution in [0.15, 0.2) is 24.5 Å². The topological polar surface area (TPSA) is 115 Å². The quantitative estimate of drug-likeness (QED) is 0.420. The highest BCUT2D eigenvalue weighted by atomic mass is 16.7. The maximum absolute atomic E-state index is 13.1. The van der Waals surface area contributed by atoms with Gasteiger partial charge in [0.05, 0.1) is 32.5 Å². The molecule has 1 saturated heterocycles. The van der Waals surface area contributed by atoms with Crippen molar-refractivity contribution in [3.63, 3.8) is 0 Å². The van der Waals surface area contributed by atoms with Gasteiger partial charge < -0.3 is 34.5 Å². The monoisotopic (exact) mass is 502 g/mol. The smallest absolute Gasteiger partial charge is 0.536 e. The van der Waals surface area contributed by atoms with Crippen molar-refractivity contribution in [3.05, 3.63) is 35.6 Å². The number of aliphatic hydroxyl groups excluding tert-OH is 1. The van der Waals surface area contributed by atoms with Gasteiger partial charge in [0, 0.05) is 11.5 Å². The lowest BCUT2D eigenvalue weighted by Gasteiger charge is -2.28. The molecule has 9 nitrogen and oxygen atoms in total. The van der Waals surface area contributed by atoms with Crippen LogP contribution in [0.4, 0.5) is 0 Å². The van der Waals surface area contributed by atoms with E-state index in [1.807, 2.05) is 39.8 Å². The fraction of sp³-hybridized carbons (Fsp3) is 0.615. The fourth-order valence-electron chi connectivity index (χ4n) is 4.75. The number of fused-ring (bicyclic) bond motifs is 1. The summed E-state index contributed by atoms with van der Waals surface area (Å²) in [5, 5.41) is 15.6. The third-order valence-electron chi connectivity index (χ3n) is 6.86. The van der Waals surface area contributed by atoms with Crippen LogP contribution in [0.5, 0.6) is 11.5 Å². The number of hydrogen-bond acceptors (Lipinski definition) is 7. The molecule has 3 atom stereocenters. The summed E-state index contributed by atoms with van der Waals surface area (Å²) in [6.07, 6.45) is 2.35. The van der Waals surface area contributed by atoms with Gasteiger partial charge in [0.25, 0.3) is 0 Å². The molecule has 2 aliphatic rings. The van der Waals surface area contributed by atoms with Gasteiger partial charge in [-0.2, -0.15) is 0 Å². The van der Waals surface area contributed by atoms with Crippen molar-refractivity contribution in [3.8, 4) is 11.5 Å². The van der Waals surface area contributed by atoms with Crippen molar-refractivity contribution >= 4 is 18.9 Å². The Morgan fingerprint density at radius 1 is 1.25 bits per heavy atom. The van der Waals surface area contributed by atoms with Crippen molar-refractivity contribution in [1.29, 1.82) is 0 Å². The van der Waals surface area contributed by atoms with Gasteiger partial charge in [0.2, 0.25) is 11.8 Å². The highest BCUT2D eigenvalue weighted by molar-refractivity contribution is 6.48. The number of nitrogens with one attached hydrogen (secondary N) is 2. The van der Waals surface area contributed by atoms with Crippen LogP contribution in [0.3, 0.4) is 0 Å². The van der Waals surface area contributed by atoms with Crippen molar-refractivity contribution in [2.45, 2.75) is 71.0 Å². The van der Waals surface area contributed by atoms with E-state index in [0.29, 0.717) is 42.9 Å². The number of amides is 2. The minimum atomic E-state index is -1.09. The molecule has 3 N–H and O–H groups in total. The van der Waals surface area contributed by atoms with Crippen LogP contribution < -0.4 is 20.1 Å². The maximum atomic E-state index is 13.1. The van der Waals surface area contributed by atoms with Gasteiger partial charge in [0.15, 0.2) is 11.5 Å². The first-order valence-electron chi connectivity index (χ1n) is 12.5. The van der Waals surface area contributed by atoms with E-state index in [9.17, 15) is 14.7 Å². The third-order valence-corrected chi connectivity index (χ3v) is 6.86. The van der Waals surface area contributed by atoms with E-state index < -0.39 is 37.2 Å². The number of rotatable bonds is 10. The number of aliphatic hydroxyl groups is 1. The second-order valence-corrected chi connectivity index (χ2v) is 10.4. The third kappa shape index (κ3) is 6.15. The lowest BCUT2D eigenvalue weighted by atomic mass is 9.74. The highest BCUT2D eigenvalue weighted by Crippen LogP contribution is 2.38. The molecule has 1 aliphatic heterocycles. The number of hydrogen-bond donors (Lipinski definition) is 3. The van der Waals surface area contributed by atoms with Crippen LogP contribution >= 0.6 is 0 Å². The molecule has 1 heterocycles. The van der Waals surface area contributed by atoms with Gasteiger partial charge in [-0.1, -0.05) is 26.5 Å². The van der Waals surface area contributed by atoms with Gasteiger partial charge in [-0.25, -0.2) is 0 Å². The molecule has 1 aromatic carbocycles. The van der Waals surface area contributed by atoms with Gasteiger partial charge in [-0.05, 0) is 57.1 Å². The zero-order chi connectivity index (χ0) is 26.6. The maximum Gasteiger partial charge on any atom is 0.549 e. The minimum absolute atomic E-state index is 0.250. The summed E-state index contributed by atoms with van der Waals surface area (Å²) in [6, 6.07) is 2.69. The molecule has 0 spiro atoms. The van der Waals surface area contributed by atoms with E-state index >= 15 is 0 Å². The number of benzene rings is 1. The van der Waals surface area contributed by atoms with E-state index in [0.717, 1.165) is 11.1 Å². The van der Waals surface area contributed by atoms with Crippen LogP contribution in [-0.4, -0.2) is 62.4 Å². The van der Waals surface area contributed by atoms with E-state index in [4.69, 9.17) is 18.8 Å². The molecule has 0 saturated carbocycles. The van der Waals surface area contributed by atoms with Gasteiger partial charge in [-0.3, -0.25) is 9.59 Å². The number of methoxy groups -OCH3 is 2. The largest absolute Gasteiger partial charge is 0.549 e. The second-order valence-electron chi connectivity index (χ2n) is 10.4. The molecule has 2 unspecified atom stereocenters. The molecule has 2 amide bonds. The average Bonchev–Trinajstić information content (AvgIpc) is 3.12. The van der Waals surface area contributed by atoms with Crippen molar-refractivity contribution < 1.29 is 33.5 Å². The molecule has 0 radical (unpaired) electrons. The molecule has 1 aromatic rings. The number of carbonyl (C=O) groups is 2. The Hall–Kier alpha value is -2.72. The molecule has 1 aliphatic carbocycles. The normalized spacial score (nSPS) is 20.3. The second kappa shape index (κ2) is 11.6. The molecular formula is C26H39BN2O7. The van der Waals surface area contributed by atoms with Crippen LogP contribution in [0.1, 0.15) is 51.7 Å². The molecule has 36 heavy (non-hydrogen) atoms. The molecule has 0 aromatic heterocycles. The molecule has 0 bridgehead atoms. The lowest BCUT2D eigenvalue weighted by Crippen LogP contribution is -2.56. The zero-order valence-corrected chi connectivity index (χ0v) is 22.2.